The van der Waals surface area contributed by atoms with Gasteiger partial charge >= 0.3 is 0 Å². The lowest BCUT2D eigenvalue weighted by Crippen LogP contribution is -2.33. The van der Waals surface area contributed by atoms with Crippen molar-refractivity contribution in [2.45, 2.75) is 31.6 Å². The van der Waals surface area contributed by atoms with Crippen LogP contribution in [0.3, 0.4) is 0 Å². The summed E-state index contributed by atoms with van der Waals surface area (Å²) in [6, 6.07) is 5.19. The standard InChI is InChI=1S/C19H22N6O3S/c1-11-8-14(24-28-11)10-29-19-15(6-5-7-20-19)18(27)21-9-16(26)22-17-12(2)23-25(4)13(17)3/h5-8H,9-10H2,1-4H3,(H,21,27)(H,22,26). The van der Waals surface area contributed by atoms with Gasteiger partial charge in [0.15, 0.2) is 0 Å². The summed E-state index contributed by atoms with van der Waals surface area (Å²) in [6.45, 7) is 5.34. The van der Waals surface area contributed by atoms with Gasteiger partial charge in [0.1, 0.15) is 10.8 Å². The fraction of sp³-hybridized carbons (Fsp3) is 0.316. The second-order valence-corrected chi connectivity index (χ2v) is 7.44. The Kier molecular flexibility index (Phi) is 6.32. The highest BCUT2D eigenvalue weighted by molar-refractivity contribution is 7.98. The molecule has 9 nitrogen and oxygen atoms in total. The zero-order valence-corrected chi connectivity index (χ0v) is 17.5. The molecule has 0 saturated heterocycles. The van der Waals surface area contributed by atoms with Gasteiger partial charge in [0.2, 0.25) is 5.91 Å². The van der Waals surface area contributed by atoms with Crippen molar-refractivity contribution < 1.29 is 14.1 Å². The van der Waals surface area contributed by atoms with Gasteiger partial charge in [-0.05, 0) is 32.9 Å². The molecule has 0 bridgehead atoms. The number of amides is 2. The lowest BCUT2D eigenvalue weighted by atomic mass is 10.2. The fourth-order valence-electron chi connectivity index (χ4n) is 2.70. The van der Waals surface area contributed by atoms with E-state index in [4.69, 9.17) is 4.52 Å². The molecule has 0 aliphatic rings. The number of rotatable bonds is 7. The zero-order chi connectivity index (χ0) is 21.0. The van der Waals surface area contributed by atoms with Crippen molar-refractivity contribution in [1.82, 2.24) is 25.2 Å². The van der Waals surface area contributed by atoms with E-state index in [1.807, 2.05) is 33.9 Å². The predicted molar refractivity (Wildman–Crippen MR) is 109 cm³/mol. The Morgan fingerprint density at radius 2 is 2.07 bits per heavy atom. The molecule has 2 N–H and O–H groups in total. The predicted octanol–water partition coefficient (Wildman–Crippen LogP) is 2.39. The number of nitrogens with zero attached hydrogens (tertiary/aromatic N) is 4. The molecule has 0 atom stereocenters. The molecule has 3 aromatic rings. The quantitative estimate of drug-likeness (QED) is 0.570. The number of thioether (sulfide) groups is 1. The van der Waals surface area contributed by atoms with Crippen molar-refractivity contribution >= 4 is 29.3 Å². The lowest BCUT2D eigenvalue weighted by Gasteiger charge is -2.09. The molecule has 10 heteroatoms. The summed E-state index contributed by atoms with van der Waals surface area (Å²) >= 11 is 1.38. The second kappa shape index (κ2) is 8.91. The van der Waals surface area contributed by atoms with Gasteiger partial charge in [-0.3, -0.25) is 14.3 Å². The molecule has 3 aromatic heterocycles. The minimum Gasteiger partial charge on any atom is -0.361 e. The van der Waals surface area contributed by atoms with Crippen LogP contribution in [0.5, 0.6) is 0 Å². The molecule has 0 spiro atoms. The first-order chi connectivity index (χ1) is 13.8. The number of aryl methyl sites for hydroxylation is 3. The maximum atomic E-state index is 12.6. The Balaban J connectivity index is 1.59. The van der Waals surface area contributed by atoms with E-state index in [1.54, 1.807) is 23.0 Å². The van der Waals surface area contributed by atoms with Crippen LogP contribution in [-0.2, 0) is 17.6 Å². The first-order valence-corrected chi connectivity index (χ1v) is 9.92. The summed E-state index contributed by atoms with van der Waals surface area (Å²) in [4.78, 5) is 29.1. The fourth-order valence-corrected chi connectivity index (χ4v) is 3.57. The molecule has 152 valence electrons. The molecule has 2 amide bonds. The van der Waals surface area contributed by atoms with Gasteiger partial charge < -0.3 is 15.2 Å². The second-order valence-electron chi connectivity index (χ2n) is 6.47. The number of carbonyl (C=O) groups is 2. The third kappa shape index (κ3) is 5.02. The summed E-state index contributed by atoms with van der Waals surface area (Å²) in [7, 11) is 1.81. The van der Waals surface area contributed by atoms with Crippen molar-refractivity contribution in [2.75, 3.05) is 11.9 Å². The number of pyridine rings is 1. The molecule has 0 aliphatic carbocycles. The molecule has 0 fully saturated rings. The van der Waals surface area contributed by atoms with E-state index in [0.29, 0.717) is 22.0 Å². The lowest BCUT2D eigenvalue weighted by molar-refractivity contribution is -0.115. The zero-order valence-electron chi connectivity index (χ0n) is 16.6. The highest BCUT2D eigenvalue weighted by Crippen LogP contribution is 2.24. The summed E-state index contributed by atoms with van der Waals surface area (Å²) in [5.74, 6) is 0.555. The van der Waals surface area contributed by atoms with Crippen molar-refractivity contribution in [3.05, 3.63) is 52.8 Å². The summed E-state index contributed by atoms with van der Waals surface area (Å²) in [6.07, 6.45) is 1.62. The van der Waals surface area contributed by atoms with Crippen LogP contribution in [0.25, 0.3) is 0 Å². The third-order valence-electron chi connectivity index (χ3n) is 4.23. The van der Waals surface area contributed by atoms with Gasteiger partial charge in [-0.25, -0.2) is 4.98 Å². The first kappa shape index (κ1) is 20.6. The molecule has 0 radical (unpaired) electrons. The van der Waals surface area contributed by atoms with Crippen LogP contribution in [0.1, 0.15) is 33.2 Å². The molecule has 0 saturated carbocycles. The number of hydrogen-bond acceptors (Lipinski definition) is 7. The molecular formula is C19H22N6O3S. The number of aromatic nitrogens is 4. The molecule has 29 heavy (non-hydrogen) atoms. The number of nitrogens with one attached hydrogen (secondary N) is 2. The summed E-state index contributed by atoms with van der Waals surface area (Å²) < 4.78 is 6.74. The van der Waals surface area contributed by atoms with Gasteiger partial charge in [0, 0.05) is 25.1 Å². The number of carbonyl (C=O) groups excluding carboxylic acids is 2. The molecule has 3 rings (SSSR count). The van der Waals surface area contributed by atoms with Gasteiger partial charge in [-0.15, -0.1) is 0 Å². The van der Waals surface area contributed by atoms with Gasteiger partial charge in [0.25, 0.3) is 5.91 Å². The van der Waals surface area contributed by atoms with Crippen LogP contribution in [0, 0.1) is 20.8 Å². The van der Waals surface area contributed by atoms with Crippen molar-refractivity contribution in [2.24, 2.45) is 7.05 Å². The van der Waals surface area contributed by atoms with Crippen molar-refractivity contribution in [1.29, 1.82) is 0 Å². The van der Waals surface area contributed by atoms with E-state index in [9.17, 15) is 9.59 Å². The maximum Gasteiger partial charge on any atom is 0.254 e. The number of anilines is 1. The normalized spacial score (nSPS) is 10.8. The Labute approximate surface area is 172 Å². The maximum absolute atomic E-state index is 12.6. The highest BCUT2D eigenvalue weighted by Gasteiger charge is 2.16. The van der Waals surface area contributed by atoms with Gasteiger partial charge in [-0.1, -0.05) is 16.9 Å². The van der Waals surface area contributed by atoms with E-state index >= 15 is 0 Å². The Morgan fingerprint density at radius 1 is 1.28 bits per heavy atom. The molecule has 0 aliphatic heterocycles. The first-order valence-electron chi connectivity index (χ1n) is 8.93. The van der Waals surface area contributed by atoms with Crippen LogP contribution < -0.4 is 10.6 Å². The Morgan fingerprint density at radius 3 is 2.72 bits per heavy atom. The smallest absolute Gasteiger partial charge is 0.254 e. The number of hydrogen-bond donors (Lipinski definition) is 2. The van der Waals surface area contributed by atoms with E-state index in [2.05, 4.69) is 25.9 Å². The molecule has 3 heterocycles. The monoisotopic (exact) mass is 414 g/mol. The minimum absolute atomic E-state index is 0.159. The largest absolute Gasteiger partial charge is 0.361 e. The van der Waals surface area contributed by atoms with Crippen LogP contribution in [0.15, 0.2) is 33.9 Å². The molecule has 0 unspecified atom stereocenters. The Hall–Kier alpha value is -3.14. The molecular weight excluding hydrogens is 392 g/mol. The third-order valence-corrected chi connectivity index (χ3v) is 5.27. The van der Waals surface area contributed by atoms with Crippen LogP contribution in [0.4, 0.5) is 5.69 Å². The summed E-state index contributed by atoms with van der Waals surface area (Å²) in [5, 5.41) is 14.2. The van der Waals surface area contributed by atoms with Crippen LogP contribution in [-0.4, -0.2) is 38.3 Å². The summed E-state index contributed by atoms with van der Waals surface area (Å²) in [5.41, 5.74) is 3.40. The Bertz CT molecular complexity index is 1040. The molecule has 0 aromatic carbocycles. The van der Waals surface area contributed by atoms with Crippen molar-refractivity contribution in [3.8, 4) is 0 Å². The SMILES string of the molecule is Cc1cc(CSc2ncccc2C(=O)NCC(=O)Nc2c(C)nn(C)c2C)no1. The van der Waals surface area contributed by atoms with Crippen LogP contribution in [0.2, 0.25) is 0 Å². The van der Waals surface area contributed by atoms with Crippen LogP contribution >= 0.6 is 11.8 Å². The average molecular weight is 414 g/mol. The van der Waals surface area contributed by atoms with E-state index in [-0.39, 0.29) is 18.4 Å². The van der Waals surface area contributed by atoms with E-state index in [0.717, 1.165) is 22.8 Å². The highest BCUT2D eigenvalue weighted by atomic mass is 32.2. The van der Waals surface area contributed by atoms with Gasteiger partial charge in [0.05, 0.1) is 34.9 Å². The minimum atomic E-state index is -0.369. The van der Waals surface area contributed by atoms with Gasteiger partial charge in [-0.2, -0.15) is 5.10 Å². The average Bonchev–Trinajstić information content (AvgIpc) is 3.22. The topological polar surface area (TPSA) is 115 Å². The van der Waals surface area contributed by atoms with E-state index in [1.165, 1.54) is 11.8 Å². The van der Waals surface area contributed by atoms with E-state index < -0.39 is 0 Å². The van der Waals surface area contributed by atoms with Crippen molar-refractivity contribution in [3.63, 3.8) is 0 Å².